The molecule has 3 heterocycles. The van der Waals surface area contributed by atoms with Crippen LogP contribution in [0.4, 0.5) is 0 Å². The van der Waals surface area contributed by atoms with Crippen molar-refractivity contribution in [1.29, 1.82) is 0 Å². The summed E-state index contributed by atoms with van der Waals surface area (Å²) in [6.45, 7) is 5.05. The maximum atomic E-state index is 12.5. The number of hydrogen-bond acceptors (Lipinski definition) is 6. The van der Waals surface area contributed by atoms with Crippen LogP contribution in [-0.2, 0) is 16.5 Å². The summed E-state index contributed by atoms with van der Waals surface area (Å²) in [5, 5.41) is 4.91. The van der Waals surface area contributed by atoms with Crippen molar-refractivity contribution in [2.45, 2.75) is 38.9 Å². The van der Waals surface area contributed by atoms with Gasteiger partial charge in [0.05, 0.1) is 18.5 Å². The minimum absolute atomic E-state index is 0.0840. The molecule has 0 radical (unpaired) electrons. The lowest BCUT2D eigenvalue weighted by Gasteiger charge is -2.58. The van der Waals surface area contributed by atoms with Gasteiger partial charge in [0.25, 0.3) is 0 Å². The Morgan fingerprint density at radius 2 is 2.29 bits per heavy atom. The molecule has 7 heteroatoms. The predicted molar refractivity (Wildman–Crippen MR) is 89.8 cm³/mol. The van der Waals surface area contributed by atoms with E-state index in [4.69, 9.17) is 9.47 Å². The molecule has 128 valence electrons. The van der Waals surface area contributed by atoms with E-state index in [2.05, 4.69) is 23.9 Å². The van der Waals surface area contributed by atoms with Crippen LogP contribution in [0.5, 0.6) is 0 Å². The summed E-state index contributed by atoms with van der Waals surface area (Å²) in [6.07, 6.45) is 7.44. The number of carbonyl (C=O) groups excluding carboxylic acids is 1. The summed E-state index contributed by atoms with van der Waals surface area (Å²) >= 11 is 1.34. The molecule has 0 bridgehead atoms. The maximum Gasteiger partial charge on any atom is 0.350 e. The molecule has 2 aliphatic rings. The van der Waals surface area contributed by atoms with Crippen LogP contribution >= 0.6 is 11.3 Å². The van der Waals surface area contributed by atoms with Gasteiger partial charge >= 0.3 is 5.97 Å². The van der Waals surface area contributed by atoms with E-state index in [-0.39, 0.29) is 23.6 Å². The second-order valence-corrected chi connectivity index (χ2v) is 8.21. The third-order valence-electron chi connectivity index (χ3n) is 5.12. The van der Waals surface area contributed by atoms with Crippen LogP contribution in [0.3, 0.4) is 0 Å². The van der Waals surface area contributed by atoms with E-state index in [9.17, 15) is 4.79 Å². The van der Waals surface area contributed by atoms with Crippen LogP contribution in [0.25, 0.3) is 10.6 Å². The number of aryl methyl sites for hydroxylation is 1. The first kappa shape index (κ1) is 15.8. The van der Waals surface area contributed by atoms with Gasteiger partial charge in [-0.3, -0.25) is 4.68 Å². The van der Waals surface area contributed by atoms with Crippen LogP contribution in [0.15, 0.2) is 18.6 Å². The minimum Gasteiger partial charge on any atom is -0.457 e. The number of nitrogens with zero attached hydrogens (tertiary/aromatic N) is 3. The summed E-state index contributed by atoms with van der Waals surface area (Å²) < 4.78 is 13.4. The van der Waals surface area contributed by atoms with Gasteiger partial charge in [-0.2, -0.15) is 5.10 Å². The van der Waals surface area contributed by atoms with E-state index in [0.717, 1.165) is 30.0 Å². The Hall–Kier alpha value is -1.73. The summed E-state index contributed by atoms with van der Waals surface area (Å²) in [5.41, 5.74) is 0.781. The molecule has 0 unspecified atom stereocenters. The number of ether oxygens (including phenoxy) is 2. The lowest BCUT2D eigenvalue weighted by Crippen LogP contribution is -2.65. The summed E-state index contributed by atoms with van der Waals surface area (Å²) in [4.78, 5) is 17.4. The normalized spacial score (nSPS) is 28.0. The number of fused-ring (bicyclic) bond motifs is 1. The zero-order chi connectivity index (χ0) is 16.9. The highest BCUT2D eigenvalue weighted by molar-refractivity contribution is 7.16. The number of thiazole rings is 1. The fourth-order valence-corrected chi connectivity index (χ4v) is 4.70. The van der Waals surface area contributed by atoms with Gasteiger partial charge in [-0.1, -0.05) is 13.8 Å². The van der Waals surface area contributed by atoms with Crippen molar-refractivity contribution in [2.24, 2.45) is 18.4 Å². The third kappa shape index (κ3) is 2.46. The molecule has 0 amide bonds. The van der Waals surface area contributed by atoms with Gasteiger partial charge in [0.15, 0.2) is 0 Å². The van der Waals surface area contributed by atoms with Crippen LogP contribution in [0.2, 0.25) is 0 Å². The van der Waals surface area contributed by atoms with Gasteiger partial charge in [-0.05, 0) is 12.8 Å². The zero-order valence-corrected chi connectivity index (χ0v) is 14.9. The van der Waals surface area contributed by atoms with Gasteiger partial charge < -0.3 is 9.47 Å². The topological polar surface area (TPSA) is 66.2 Å². The summed E-state index contributed by atoms with van der Waals surface area (Å²) in [5.74, 6) is 0.0353. The highest BCUT2D eigenvalue weighted by Crippen LogP contribution is 2.53. The van der Waals surface area contributed by atoms with Gasteiger partial charge in [-0.15, -0.1) is 11.3 Å². The van der Waals surface area contributed by atoms with Crippen LogP contribution < -0.4 is 0 Å². The van der Waals surface area contributed by atoms with E-state index in [1.54, 1.807) is 17.1 Å². The molecule has 2 aromatic heterocycles. The van der Waals surface area contributed by atoms with Crippen molar-refractivity contribution in [1.82, 2.24) is 14.8 Å². The van der Waals surface area contributed by atoms with Gasteiger partial charge in [0, 0.05) is 36.7 Å². The van der Waals surface area contributed by atoms with E-state index >= 15 is 0 Å². The molecule has 0 aromatic carbocycles. The van der Waals surface area contributed by atoms with Gasteiger partial charge in [-0.25, -0.2) is 9.78 Å². The van der Waals surface area contributed by atoms with Gasteiger partial charge in [0.1, 0.15) is 16.0 Å². The Kier molecular flexibility index (Phi) is 3.73. The Labute approximate surface area is 144 Å². The fourth-order valence-electron chi connectivity index (χ4n) is 3.92. The molecular formula is C17H21N3O3S. The van der Waals surface area contributed by atoms with Crippen LogP contribution in [-0.4, -0.2) is 39.5 Å². The molecule has 2 aromatic rings. The molecule has 24 heavy (non-hydrogen) atoms. The Balaban J connectivity index is 1.48. The number of rotatable bonds is 3. The minimum atomic E-state index is -0.287. The molecule has 0 spiro atoms. The third-order valence-corrected chi connectivity index (χ3v) is 6.14. The maximum absolute atomic E-state index is 12.5. The SMILES string of the molecule is Cn1cc(-c2ncc(C(=O)O[C@@H]3[C@H]4CCCO[C@H]4C3(C)C)s2)cn1. The molecule has 2 fully saturated rings. The van der Waals surface area contributed by atoms with Crippen molar-refractivity contribution >= 4 is 17.3 Å². The largest absolute Gasteiger partial charge is 0.457 e. The Bertz CT molecular complexity index is 767. The fraction of sp³-hybridized carbons (Fsp3) is 0.588. The van der Waals surface area contributed by atoms with Crippen molar-refractivity contribution in [3.8, 4) is 10.6 Å². The lowest BCUT2D eigenvalue weighted by molar-refractivity contribution is -0.243. The number of carbonyl (C=O) groups is 1. The smallest absolute Gasteiger partial charge is 0.350 e. The molecule has 0 N–H and O–H groups in total. The molecule has 6 nitrogen and oxygen atoms in total. The number of aromatic nitrogens is 3. The quantitative estimate of drug-likeness (QED) is 0.799. The molecular weight excluding hydrogens is 326 g/mol. The second kappa shape index (κ2) is 5.67. The predicted octanol–water partition coefficient (Wildman–Crippen LogP) is 2.90. The van der Waals surface area contributed by atoms with Crippen molar-refractivity contribution < 1.29 is 14.3 Å². The molecule has 1 saturated heterocycles. The van der Waals surface area contributed by atoms with Crippen molar-refractivity contribution in [2.75, 3.05) is 6.61 Å². The molecule has 1 aliphatic heterocycles. The molecule has 4 rings (SSSR count). The van der Waals surface area contributed by atoms with Gasteiger partial charge in [0.2, 0.25) is 0 Å². The number of hydrogen-bond donors (Lipinski definition) is 0. The van der Waals surface area contributed by atoms with Crippen LogP contribution in [0.1, 0.15) is 36.4 Å². The van der Waals surface area contributed by atoms with E-state index in [0.29, 0.717) is 10.8 Å². The number of esters is 1. The van der Waals surface area contributed by atoms with Crippen molar-refractivity contribution in [3.63, 3.8) is 0 Å². The lowest BCUT2D eigenvalue weighted by atomic mass is 9.57. The molecule has 3 atom stereocenters. The average molecular weight is 347 g/mol. The highest BCUT2D eigenvalue weighted by Gasteiger charge is 2.60. The van der Waals surface area contributed by atoms with Crippen LogP contribution in [0, 0.1) is 11.3 Å². The zero-order valence-electron chi connectivity index (χ0n) is 14.1. The molecule has 1 aliphatic carbocycles. The Morgan fingerprint density at radius 3 is 3.04 bits per heavy atom. The van der Waals surface area contributed by atoms with E-state index < -0.39 is 0 Å². The van der Waals surface area contributed by atoms with Crippen molar-refractivity contribution in [3.05, 3.63) is 23.5 Å². The standard InChI is InChI=1S/C17H21N3O3S/c1-17(2)13-11(5-4-6-22-13)14(17)23-16(21)12-8-18-15(24-12)10-7-19-20(3)9-10/h7-9,11,13-14H,4-6H2,1-3H3/t11-,13+,14+/m0/s1. The average Bonchev–Trinajstić information content (AvgIpc) is 3.21. The first-order valence-electron chi connectivity index (χ1n) is 8.24. The van der Waals surface area contributed by atoms with E-state index in [1.165, 1.54) is 11.3 Å². The first-order valence-corrected chi connectivity index (χ1v) is 9.06. The first-order chi connectivity index (χ1) is 11.5. The molecule has 1 saturated carbocycles. The second-order valence-electron chi connectivity index (χ2n) is 7.18. The summed E-state index contributed by atoms with van der Waals surface area (Å²) in [6, 6.07) is 0. The summed E-state index contributed by atoms with van der Waals surface area (Å²) in [7, 11) is 1.85. The highest BCUT2D eigenvalue weighted by atomic mass is 32.1. The monoisotopic (exact) mass is 347 g/mol. The van der Waals surface area contributed by atoms with E-state index in [1.807, 2.05) is 13.2 Å². The Morgan fingerprint density at radius 1 is 1.46 bits per heavy atom.